The first-order valence-electron chi connectivity index (χ1n) is 11.4. The number of aryl methyl sites for hydroxylation is 1. The van der Waals surface area contributed by atoms with Gasteiger partial charge in [0, 0.05) is 23.2 Å². The third kappa shape index (κ3) is 3.77. The lowest BCUT2D eigenvalue weighted by Gasteiger charge is -2.11. The summed E-state index contributed by atoms with van der Waals surface area (Å²) < 4.78 is 13.8. The zero-order valence-electron chi connectivity index (χ0n) is 19.5. The van der Waals surface area contributed by atoms with E-state index in [-0.39, 0.29) is 0 Å². The molecular formula is C30H23N3O2. The zero-order valence-corrected chi connectivity index (χ0v) is 19.5. The lowest BCUT2D eigenvalue weighted by molar-refractivity contribution is 0.369. The van der Waals surface area contributed by atoms with Crippen LogP contribution in [0.4, 0.5) is 0 Å². The molecule has 0 N–H and O–H groups in total. The summed E-state index contributed by atoms with van der Waals surface area (Å²) in [5.41, 5.74) is 5.39. The minimum atomic E-state index is 0.445. The van der Waals surface area contributed by atoms with Gasteiger partial charge in [-0.3, -0.25) is 4.57 Å². The monoisotopic (exact) mass is 457 g/mol. The highest BCUT2D eigenvalue weighted by Gasteiger charge is 2.14. The minimum Gasteiger partial charge on any atom is -0.491 e. The highest BCUT2D eigenvalue weighted by molar-refractivity contribution is 6.10. The summed E-state index contributed by atoms with van der Waals surface area (Å²) in [5.74, 6) is 2.64. The van der Waals surface area contributed by atoms with Crippen LogP contribution in [0.2, 0.25) is 0 Å². The number of benzene rings is 3. The van der Waals surface area contributed by atoms with Gasteiger partial charge in [0.1, 0.15) is 11.6 Å². The Hall–Kier alpha value is -4.64. The molecule has 6 aromatic rings. The third-order valence-electron chi connectivity index (χ3n) is 6.11. The highest BCUT2D eigenvalue weighted by Crippen LogP contribution is 2.36. The quantitative estimate of drug-likeness (QED) is 0.272. The van der Waals surface area contributed by atoms with Crippen LogP contribution in [0.15, 0.2) is 103 Å². The van der Waals surface area contributed by atoms with Crippen molar-refractivity contribution in [1.82, 2.24) is 14.5 Å². The molecule has 0 unspecified atom stereocenters. The van der Waals surface area contributed by atoms with E-state index in [1.165, 1.54) is 10.8 Å². The Morgan fingerprint density at radius 3 is 2.40 bits per heavy atom. The molecular weight excluding hydrogens is 434 g/mol. The van der Waals surface area contributed by atoms with E-state index in [0.717, 1.165) is 33.5 Å². The number of para-hydroxylation sites is 1. The summed E-state index contributed by atoms with van der Waals surface area (Å²) in [6.07, 6.45) is 3.60. The van der Waals surface area contributed by atoms with E-state index < -0.39 is 0 Å². The molecule has 0 atom stereocenters. The van der Waals surface area contributed by atoms with Crippen molar-refractivity contribution < 1.29 is 9.47 Å². The summed E-state index contributed by atoms with van der Waals surface area (Å²) >= 11 is 0. The maximum Gasteiger partial charge on any atom is 0.262 e. The summed E-state index contributed by atoms with van der Waals surface area (Å²) in [7, 11) is 1.62. The van der Waals surface area contributed by atoms with Crippen LogP contribution in [-0.2, 0) is 0 Å². The van der Waals surface area contributed by atoms with Gasteiger partial charge in [-0.05, 0) is 66.1 Å². The van der Waals surface area contributed by atoms with E-state index in [1.54, 1.807) is 13.3 Å². The molecule has 170 valence electrons. The van der Waals surface area contributed by atoms with Crippen molar-refractivity contribution in [2.75, 3.05) is 7.11 Å². The van der Waals surface area contributed by atoms with Crippen LogP contribution in [0, 0.1) is 6.92 Å². The lowest BCUT2D eigenvalue weighted by atomic mass is 10.0. The van der Waals surface area contributed by atoms with Gasteiger partial charge < -0.3 is 9.47 Å². The number of hydrogen-bond acceptors (Lipinski definition) is 4. The van der Waals surface area contributed by atoms with Gasteiger partial charge in [0.15, 0.2) is 5.75 Å². The molecule has 5 heteroatoms. The number of pyridine rings is 2. The summed E-state index contributed by atoms with van der Waals surface area (Å²) in [4.78, 5) is 9.03. The van der Waals surface area contributed by atoms with E-state index in [9.17, 15) is 0 Å². The van der Waals surface area contributed by atoms with E-state index in [4.69, 9.17) is 9.47 Å². The predicted molar refractivity (Wildman–Crippen MR) is 140 cm³/mol. The van der Waals surface area contributed by atoms with Crippen molar-refractivity contribution in [1.29, 1.82) is 0 Å². The first kappa shape index (κ1) is 20.9. The van der Waals surface area contributed by atoms with Gasteiger partial charge >= 0.3 is 0 Å². The SMILES string of the molecule is COc1cc(C)cnc1Oc1cccc(-c2ccc3c4ccccc4n(-c4ccccn4)c3c2)c1. The number of ether oxygens (including phenoxy) is 2. The first-order chi connectivity index (χ1) is 17.2. The van der Waals surface area contributed by atoms with Gasteiger partial charge in [0.05, 0.1) is 18.1 Å². The zero-order chi connectivity index (χ0) is 23.8. The van der Waals surface area contributed by atoms with Gasteiger partial charge in [-0.1, -0.05) is 48.5 Å². The van der Waals surface area contributed by atoms with E-state index in [1.807, 2.05) is 55.6 Å². The maximum atomic E-state index is 6.09. The molecule has 3 aromatic carbocycles. The van der Waals surface area contributed by atoms with Gasteiger partial charge in [-0.15, -0.1) is 0 Å². The second-order valence-corrected chi connectivity index (χ2v) is 8.42. The molecule has 3 aromatic heterocycles. The largest absolute Gasteiger partial charge is 0.491 e. The summed E-state index contributed by atoms with van der Waals surface area (Å²) in [6.45, 7) is 1.97. The van der Waals surface area contributed by atoms with Gasteiger partial charge in [0.2, 0.25) is 0 Å². The normalized spacial score (nSPS) is 11.1. The predicted octanol–water partition coefficient (Wildman–Crippen LogP) is 7.35. The molecule has 5 nitrogen and oxygen atoms in total. The van der Waals surface area contributed by atoms with Gasteiger partial charge in [-0.2, -0.15) is 0 Å². The fraction of sp³-hybridized carbons (Fsp3) is 0.0667. The Morgan fingerprint density at radius 1 is 0.714 bits per heavy atom. The molecule has 0 fully saturated rings. The number of hydrogen-bond donors (Lipinski definition) is 0. The number of methoxy groups -OCH3 is 1. The van der Waals surface area contributed by atoms with Crippen LogP contribution in [0.25, 0.3) is 38.8 Å². The third-order valence-corrected chi connectivity index (χ3v) is 6.11. The molecule has 0 spiro atoms. The molecule has 0 aliphatic carbocycles. The second kappa shape index (κ2) is 8.61. The Kier molecular flexibility index (Phi) is 5.15. The first-order valence-corrected chi connectivity index (χ1v) is 11.4. The van der Waals surface area contributed by atoms with Crippen molar-refractivity contribution in [3.8, 4) is 34.3 Å². The van der Waals surface area contributed by atoms with E-state index in [0.29, 0.717) is 17.4 Å². The molecule has 0 radical (unpaired) electrons. The Bertz CT molecular complexity index is 1670. The minimum absolute atomic E-state index is 0.445. The molecule has 0 bridgehead atoms. The topological polar surface area (TPSA) is 49.2 Å². The van der Waals surface area contributed by atoms with Crippen LogP contribution in [0.3, 0.4) is 0 Å². The summed E-state index contributed by atoms with van der Waals surface area (Å²) in [5, 5.41) is 2.39. The van der Waals surface area contributed by atoms with Crippen LogP contribution in [0.1, 0.15) is 5.56 Å². The fourth-order valence-corrected chi connectivity index (χ4v) is 4.49. The average Bonchev–Trinajstić information content (AvgIpc) is 3.24. The van der Waals surface area contributed by atoms with Crippen LogP contribution >= 0.6 is 0 Å². The Balaban J connectivity index is 1.46. The van der Waals surface area contributed by atoms with Crippen LogP contribution in [0.5, 0.6) is 17.4 Å². The molecule has 0 aliphatic rings. The van der Waals surface area contributed by atoms with Crippen LogP contribution < -0.4 is 9.47 Å². The van der Waals surface area contributed by atoms with Gasteiger partial charge in [0.25, 0.3) is 5.88 Å². The fourth-order valence-electron chi connectivity index (χ4n) is 4.49. The Morgan fingerprint density at radius 2 is 1.54 bits per heavy atom. The van der Waals surface area contributed by atoms with Crippen molar-refractivity contribution in [2.24, 2.45) is 0 Å². The van der Waals surface area contributed by atoms with Crippen molar-refractivity contribution >= 4 is 21.8 Å². The van der Waals surface area contributed by atoms with Crippen molar-refractivity contribution in [3.63, 3.8) is 0 Å². The maximum absolute atomic E-state index is 6.09. The van der Waals surface area contributed by atoms with E-state index in [2.05, 4.69) is 63.1 Å². The standard InChI is InChI=1S/C30H23N3O2/c1-20-16-28(34-2)30(32-19-20)35-23-9-7-8-21(17-23)22-13-14-25-24-10-3-4-11-26(24)33(27(25)18-22)29-12-5-6-15-31-29/h3-19H,1-2H3. The molecule has 0 amide bonds. The highest BCUT2D eigenvalue weighted by atomic mass is 16.5. The number of aromatic nitrogens is 3. The van der Waals surface area contributed by atoms with Crippen molar-refractivity contribution in [2.45, 2.75) is 6.92 Å². The average molecular weight is 458 g/mol. The van der Waals surface area contributed by atoms with Gasteiger partial charge in [-0.25, -0.2) is 9.97 Å². The molecule has 0 saturated heterocycles. The number of rotatable bonds is 5. The van der Waals surface area contributed by atoms with E-state index >= 15 is 0 Å². The molecule has 3 heterocycles. The molecule has 35 heavy (non-hydrogen) atoms. The number of fused-ring (bicyclic) bond motifs is 3. The Labute approximate surface area is 203 Å². The number of nitrogens with zero attached hydrogens (tertiary/aromatic N) is 3. The molecule has 6 rings (SSSR count). The smallest absolute Gasteiger partial charge is 0.262 e. The molecule has 0 aliphatic heterocycles. The lowest BCUT2D eigenvalue weighted by Crippen LogP contribution is -1.96. The second-order valence-electron chi connectivity index (χ2n) is 8.42. The van der Waals surface area contributed by atoms with Crippen LogP contribution in [-0.4, -0.2) is 21.6 Å². The van der Waals surface area contributed by atoms with Crippen molar-refractivity contribution in [3.05, 3.63) is 109 Å². The summed E-state index contributed by atoms with van der Waals surface area (Å²) in [6, 6.07) is 30.9. The molecule has 0 saturated carbocycles.